The Morgan fingerprint density at radius 2 is 2.21 bits per heavy atom. The van der Waals surface area contributed by atoms with Crippen molar-refractivity contribution in [3.63, 3.8) is 0 Å². The molecule has 5 N–H and O–H groups in total. The summed E-state index contributed by atoms with van der Waals surface area (Å²) in [5.74, 6) is 0.526. The lowest BCUT2D eigenvalue weighted by Crippen LogP contribution is -2.51. The van der Waals surface area contributed by atoms with Gasteiger partial charge in [0.05, 0.1) is 0 Å². The lowest BCUT2D eigenvalue weighted by molar-refractivity contribution is -0.123. The number of rotatable bonds is 7. The molecule has 1 aromatic heterocycles. The number of carbonyl (C=O) groups is 2. The standard InChI is InChI=1S/C11H20N6O2/c1-7(2)9(16-11(12)19)10(18)13-5-3-4-8-14-6-15-17-8/h6-7,9H,3-5H2,1-2H3,(H,13,18)(H3,12,16,19)(H,14,15,17). The smallest absolute Gasteiger partial charge is 0.312 e. The number of urea groups is 1. The largest absolute Gasteiger partial charge is 0.354 e. The van der Waals surface area contributed by atoms with Gasteiger partial charge in [-0.2, -0.15) is 5.10 Å². The molecule has 1 aromatic rings. The van der Waals surface area contributed by atoms with E-state index in [1.165, 1.54) is 6.33 Å². The lowest BCUT2D eigenvalue weighted by atomic mass is 10.0. The van der Waals surface area contributed by atoms with Crippen LogP contribution in [0, 0.1) is 5.92 Å². The van der Waals surface area contributed by atoms with Gasteiger partial charge in [-0.15, -0.1) is 0 Å². The minimum absolute atomic E-state index is 0.0261. The van der Waals surface area contributed by atoms with Gasteiger partial charge in [0.2, 0.25) is 5.91 Å². The maximum absolute atomic E-state index is 11.9. The number of carbonyl (C=O) groups excluding carboxylic acids is 2. The van der Waals surface area contributed by atoms with Crippen LogP contribution in [-0.2, 0) is 11.2 Å². The van der Waals surface area contributed by atoms with Crippen LogP contribution < -0.4 is 16.4 Å². The predicted molar refractivity (Wildman–Crippen MR) is 69.1 cm³/mol. The summed E-state index contributed by atoms with van der Waals surface area (Å²) in [7, 11) is 0. The number of aromatic nitrogens is 3. The molecule has 0 bridgehead atoms. The maximum atomic E-state index is 11.9. The summed E-state index contributed by atoms with van der Waals surface area (Å²) in [6.45, 7) is 4.19. The van der Waals surface area contributed by atoms with E-state index in [0.717, 1.165) is 12.2 Å². The van der Waals surface area contributed by atoms with Gasteiger partial charge in [-0.3, -0.25) is 9.89 Å². The quantitative estimate of drug-likeness (QED) is 0.499. The maximum Gasteiger partial charge on any atom is 0.312 e. The fraction of sp³-hybridized carbons (Fsp3) is 0.636. The fourth-order valence-corrected chi connectivity index (χ4v) is 1.62. The summed E-state index contributed by atoms with van der Waals surface area (Å²) in [5.41, 5.74) is 5.04. The third-order valence-electron chi connectivity index (χ3n) is 2.60. The summed E-state index contributed by atoms with van der Waals surface area (Å²) in [6, 6.07) is -1.31. The van der Waals surface area contributed by atoms with E-state index in [0.29, 0.717) is 13.0 Å². The molecular formula is C11H20N6O2. The van der Waals surface area contributed by atoms with Crippen LogP contribution in [0.3, 0.4) is 0 Å². The van der Waals surface area contributed by atoms with Crippen LogP contribution in [0.2, 0.25) is 0 Å². The number of amides is 3. The molecule has 1 rings (SSSR count). The van der Waals surface area contributed by atoms with Crippen LogP contribution in [-0.4, -0.2) is 39.7 Å². The molecule has 0 fully saturated rings. The highest BCUT2D eigenvalue weighted by Crippen LogP contribution is 2.01. The fourth-order valence-electron chi connectivity index (χ4n) is 1.62. The normalized spacial score (nSPS) is 12.2. The average molecular weight is 268 g/mol. The second kappa shape index (κ2) is 7.34. The lowest BCUT2D eigenvalue weighted by Gasteiger charge is -2.20. The molecule has 8 nitrogen and oxygen atoms in total. The van der Waals surface area contributed by atoms with Gasteiger partial charge in [-0.05, 0) is 12.3 Å². The third kappa shape index (κ3) is 5.36. The van der Waals surface area contributed by atoms with E-state index in [1.807, 2.05) is 13.8 Å². The Morgan fingerprint density at radius 1 is 1.47 bits per heavy atom. The van der Waals surface area contributed by atoms with Crippen LogP contribution in [0.25, 0.3) is 0 Å². The van der Waals surface area contributed by atoms with Gasteiger partial charge in [-0.25, -0.2) is 9.78 Å². The molecule has 0 saturated carbocycles. The number of nitrogens with two attached hydrogens (primary N) is 1. The van der Waals surface area contributed by atoms with E-state index in [2.05, 4.69) is 25.8 Å². The molecule has 0 spiro atoms. The molecule has 0 aliphatic heterocycles. The summed E-state index contributed by atoms with van der Waals surface area (Å²) in [6.07, 6.45) is 2.89. The molecule has 3 amide bonds. The topological polar surface area (TPSA) is 126 Å². The van der Waals surface area contributed by atoms with Gasteiger partial charge >= 0.3 is 6.03 Å². The summed E-state index contributed by atoms with van der Waals surface area (Å²) >= 11 is 0. The van der Waals surface area contributed by atoms with Crippen LogP contribution in [0.5, 0.6) is 0 Å². The first-order valence-electron chi connectivity index (χ1n) is 6.18. The first kappa shape index (κ1) is 14.9. The molecule has 0 radical (unpaired) electrons. The van der Waals surface area contributed by atoms with Crippen LogP contribution >= 0.6 is 0 Å². The van der Waals surface area contributed by atoms with E-state index in [1.54, 1.807) is 0 Å². The molecule has 19 heavy (non-hydrogen) atoms. The minimum Gasteiger partial charge on any atom is -0.354 e. The number of hydrogen-bond acceptors (Lipinski definition) is 4. The molecule has 1 unspecified atom stereocenters. The highest BCUT2D eigenvalue weighted by atomic mass is 16.2. The molecule has 1 heterocycles. The van der Waals surface area contributed by atoms with Crippen molar-refractivity contribution in [1.82, 2.24) is 25.8 Å². The minimum atomic E-state index is -0.699. The Bertz CT molecular complexity index is 403. The zero-order valence-corrected chi connectivity index (χ0v) is 11.1. The van der Waals surface area contributed by atoms with E-state index in [-0.39, 0.29) is 11.8 Å². The molecule has 106 valence electrons. The number of nitrogens with one attached hydrogen (secondary N) is 3. The summed E-state index contributed by atoms with van der Waals surface area (Å²) < 4.78 is 0. The van der Waals surface area contributed by atoms with Crippen molar-refractivity contribution in [1.29, 1.82) is 0 Å². The highest BCUT2D eigenvalue weighted by molar-refractivity contribution is 5.86. The van der Waals surface area contributed by atoms with E-state index < -0.39 is 12.1 Å². The van der Waals surface area contributed by atoms with Crippen molar-refractivity contribution in [2.75, 3.05) is 6.54 Å². The van der Waals surface area contributed by atoms with Gasteiger partial charge in [0, 0.05) is 13.0 Å². The Morgan fingerprint density at radius 3 is 2.74 bits per heavy atom. The van der Waals surface area contributed by atoms with E-state index >= 15 is 0 Å². The second-order valence-electron chi connectivity index (χ2n) is 4.56. The van der Waals surface area contributed by atoms with Gasteiger partial charge in [-0.1, -0.05) is 13.8 Å². The Kier molecular flexibility index (Phi) is 5.77. The zero-order valence-electron chi connectivity index (χ0n) is 11.1. The van der Waals surface area contributed by atoms with E-state index in [4.69, 9.17) is 5.73 Å². The number of aryl methyl sites for hydroxylation is 1. The number of nitrogens with zero attached hydrogens (tertiary/aromatic N) is 2. The monoisotopic (exact) mass is 268 g/mol. The third-order valence-corrected chi connectivity index (χ3v) is 2.60. The first-order chi connectivity index (χ1) is 9.00. The second-order valence-corrected chi connectivity index (χ2v) is 4.56. The molecule has 0 saturated heterocycles. The molecular weight excluding hydrogens is 248 g/mol. The molecule has 8 heteroatoms. The Labute approximate surface area is 111 Å². The van der Waals surface area contributed by atoms with E-state index in [9.17, 15) is 9.59 Å². The number of primary amides is 1. The molecule has 0 aliphatic rings. The van der Waals surface area contributed by atoms with Crippen molar-refractivity contribution in [2.45, 2.75) is 32.7 Å². The molecule has 0 aliphatic carbocycles. The predicted octanol–water partition coefficient (Wildman–Crippen LogP) is -0.454. The number of aromatic amines is 1. The van der Waals surface area contributed by atoms with Crippen molar-refractivity contribution in [3.05, 3.63) is 12.2 Å². The van der Waals surface area contributed by atoms with Gasteiger partial charge in [0.15, 0.2) is 0 Å². The van der Waals surface area contributed by atoms with Crippen molar-refractivity contribution < 1.29 is 9.59 Å². The summed E-state index contributed by atoms with van der Waals surface area (Å²) in [5, 5.41) is 11.7. The van der Waals surface area contributed by atoms with Crippen molar-refractivity contribution in [3.8, 4) is 0 Å². The van der Waals surface area contributed by atoms with Gasteiger partial charge in [0.25, 0.3) is 0 Å². The highest BCUT2D eigenvalue weighted by Gasteiger charge is 2.22. The average Bonchev–Trinajstić information content (AvgIpc) is 2.83. The van der Waals surface area contributed by atoms with Gasteiger partial charge < -0.3 is 16.4 Å². The SMILES string of the molecule is CC(C)C(NC(N)=O)C(=O)NCCCc1ncn[nH]1. The molecule has 1 atom stereocenters. The Balaban J connectivity index is 2.29. The van der Waals surface area contributed by atoms with Crippen molar-refractivity contribution in [2.24, 2.45) is 11.7 Å². The van der Waals surface area contributed by atoms with Crippen molar-refractivity contribution >= 4 is 11.9 Å². The first-order valence-corrected chi connectivity index (χ1v) is 6.18. The Hall–Kier alpha value is -2.12. The van der Waals surface area contributed by atoms with Crippen LogP contribution in [0.15, 0.2) is 6.33 Å². The number of H-pyrrole nitrogens is 1. The number of hydrogen-bond donors (Lipinski definition) is 4. The zero-order chi connectivity index (χ0) is 14.3. The summed E-state index contributed by atoms with van der Waals surface area (Å²) in [4.78, 5) is 26.7. The van der Waals surface area contributed by atoms with Gasteiger partial charge in [0.1, 0.15) is 18.2 Å². The van der Waals surface area contributed by atoms with Crippen LogP contribution in [0.1, 0.15) is 26.1 Å². The molecule has 0 aromatic carbocycles. The van der Waals surface area contributed by atoms with Crippen LogP contribution in [0.4, 0.5) is 4.79 Å².